The second kappa shape index (κ2) is 9.24. The molecule has 4 aliphatic heterocycles. The average Bonchev–Trinajstić information content (AvgIpc) is 3.13. The lowest BCUT2D eigenvalue weighted by molar-refractivity contribution is -0.152. The van der Waals surface area contributed by atoms with Gasteiger partial charge in [0.05, 0.1) is 12.0 Å². The SMILES string of the molecule is Cc1ccc(C)c(N2CC=C[C@]34O[C@H]5C=CCOC(=O)[C@H]5[C@H]3C(=O)N(CCCCCO)C4C2=O)c1. The minimum Gasteiger partial charge on any atom is -0.461 e. The van der Waals surface area contributed by atoms with Gasteiger partial charge in [-0.15, -0.1) is 0 Å². The van der Waals surface area contributed by atoms with Crippen LogP contribution < -0.4 is 4.90 Å². The van der Waals surface area contributed by atoms with E-state index in [9.17, 15) is 19.5 Å². The number of likely N-dealkylation sites (tertiary alicyclic amines) is 1. The number of amides is 2. The third kappa shape index (κ3) is 3.79. The fourth-order valence-electron chi connectivity index (χ4n) is 6.01. The van der Waals surface area contributed by atoms with Crippen LogP contribution in [0.2, 0.25) is 0 Å². The molecule has 1 unspecified atom stereocenters. The second-order valence-electron chi connectivity index (χ2n) is 9.86. The van der Waals surface area contributed by atoms with E-state index in [-0.39, 0.29) is 25.0 Å². The van der Waals surface area contributed by atoms with E-state index in [0.717, 1.165) is 23.2 Å². The molecule has 2 fully saturated rings. The van der Waals surface area contributed by atoms with Gasteiger partial charge in [0.15, 0.2) is 0 Å². The molecule has 0 saturated carbocycles. The van der Waals surface area contributed by atoms with Crippen LogP contribution in [0.15, 0.2) is 42.5 Å². The molecule has 1 aromatic carbocycles. The number of hydrogen-bond donors (Lipinski definition) is 1. The van der Waals surface area contributed by atoms with E-state index in [0.29, 0.717) is 25.9 Å². The molecule has 4 aliphatic rings. The molecule has 5 rings (SSSR count). The first kappa shape index (κ1) is 23.8. The van der Waals surface area contributed by atoms with Gasteiger partial charge in [-0.05, 0) is 56.4 Å². The number of rotatable bonds is 6. The Labute approximate surface area is 205 Å². The maximum Gasteiger partial charge on any atom is 0.313 e. The Morgan fingerprint density at radius 2 is 1.91 bits per heavy atom. The number of anilines is 1. The highest BCUT2D eigenvalue weighted by Gasteiger charge is 2.71. The zero-order chi connectivity index (χ0) is 24.7. The first-order chi connectivity index (χ1) is 16.9. The third-order valence-corrected chi connectivity index (χ3v) is 7.63. The molecule has 1 spiro atoms. The summed E-state index contributed by atoms with van der Waals surface area (Å²) < 4.78 is 11.9. The number of esters is 1. The number of aliphatic hydroxyl groups excluding tert-OH is 1. The lowest BCUT2D eigenvalue weighted by atomic mass is 9.78. The van der Waals surface area contributed by atoms with Gasteiger partial charge in [0.1, 0.15) is 24.2 Å². The standard InChI is InChI=1S/C27H32N2O6/c1-17-9-10-18(2)19(16-17)28-13-7-11-27-22(21-20(35-27)8-6-15-34-26(21)33)24(31)29(23(27)25(28)32)12-4-3-5-14-30/h6-11,16,20-23,30H,3-5,12-15H2,1-2H3/t20-,21+,22-,23?,27-/m0/s1. The fraction of sp³-hybridized carbons (Fsp3) is 0.519. The molecule has 5 atom stereocenters. The normalized spacial score (nSPS) is 31.7. The van der Waals surface area contributed by atoms with Crippen molar-refractivity contribution in [3.05, 3.63) is 53.6 Å². The predicted molar refractivity (Wildman–Crippen MR) is 129 cm³/mol. The lowest BCUT2D eigenvalue weighted by Gasteiger charge is -2.35. The van der Waals surface area contributed by atoms with E-state index in [4.69, 9.17) is 9.47 Å². The summed E-state index contributed by atoms with van der Waals surface area (Å²) in [6.07, 6.45) is 8.62. The van der Waals surface area contributed by atoms with Crippen LogP contribution in [-0.4, -0.2) is 71.8 Å². The van der Waals surface area contributed by atoms with Gasteiger partial charge in [0.25, 0.3) is 5.91 Å². The molecular weight excluding hydrogens is 448 g/mol. The summed E-state index contributed by atoms with van der Waals surface area (Å²) in [6, 6.07) is 5.09. The molecule has 2 saturated heterocycles. The number of fused-ring (bicyclic) bond motifs is 2. The Kier molecular flexibility index (Phi) is 6.27. The molecule has 8 nitrogen and oxygen atoms in total. The van der Waals surface area contributed by atoms with Crippen molar-refractivity contribution >= 4 is 23.5 Å². The zero-order valence-corrected chi connectivity index (χ0v) is 20.2. The molecule has 1 N–H and O–H groups in total. The van der Waals surface area contributed by atoms with Gasteiger partial charge in [-0.3, -0.25) is 14.4 Å². The molecule has 35 heavy (non-hydrogen) atoms. The van der Waals surface area contributed by atoms with Crippen LogP contribution in [0.1, 0.15) is 30.4 Å². The zero-order valence-electron chi connectivity index (χ0n) is 20.2. The number of aryl methyl sites for hydroxylation is 2. The quantitative estimate of drug-likeness (QED) is 0.380. The van der Waals surface area contributed by atoms with Crippen molar-refractivity contribution in [1.29, 1.82) is 0 Å². The van der Waals surface area contributed by atoms with Crippen molar-refractivity contribution in [2.75, 3.05) is 31.2 Å². The maximum absolute atomic E-state index is 14.3. The van der Waals surface area contributed by atoms with Crippen molar-refractivity contribution in [2.45, 2.75) is 50.9 Å². The number of benzene rings is 1. The summed E-state index contributed by atoms with van der Waals surface area (Å²) in [4.78, 5) is 44.4. The number of unbranched alkanes of at least 4 members (excludes halogenated alkanes) is 2. The van der Waals surface area contributed by atoms with Crippen LogP contribution in [0.3, 0.4) is 0 Å². The number of aliphatic hydroxyl groups is 1. The molecule has 0 radical (unpaired) electrons. The highest BCUT2D eigenvalue weighted by atomic mass is 16.6. The van der Waals surface area contributed by atoms with Gasteiger partial charge >= 0.3 is 5.97 Å². The minimum atomic E-state index is -1.24. The number of nitrogens with zero attached hydrogens (tertiary/aromatic N) is 2. The summed E-state index contributed by atoms with van der Waals surface area (Å²) >= 11 is 0. The van der Waals surface area contributed by atoms with Gasteiger partial charge in [-0.25, -0.2) is 0 Å². The molecular formula is C27H32N2O6. The number of cyclic esters (lactones) is 1. The number of ether oxygens (including phenoxy) is 2. The van der Waals surface area contributed by atoms with Crippen LogP contribution in [0, 0.1) is 25.7 Å². The van der Waals surface area contributed by atoms with Crippen LogP contribution in [0.4, 0.5) is 5.69 Å². The molecule has 0 bridgehead atoms. The summed E-state index contributed by atoms with van der Waals surface area (Å²) in [5.74, 6) is -2.55. The van der Waals surface area contributed by atoms with E-state index >= 15 is 0 Å². The van der Waals surface area contributed by atoms with Gasteiger partial charge in [0.2, 0.25) is 5.91 Å². The fourth-order valence-corrected chi connectivity index (χ4v) is 6.01. The first-order valence-electron chi connectivity index (χ1n) is 12.4. The van der Waals surface area contributed by atoms with Crippen LogP contribution in [-0.2, 0) is 23.9 Å². The highest BCUT2D eigenvalue weighted by molar-refractivity contribution is 6.05. The minimum absolute atomic E-state index is 0.0804. The van der Waals surface area contributed by atoms with Crippen LogP contribution in [0.25, 0.3) is 0 Å². The van der Waals surface area contributed by atoms with E-state index in [1.54, 1.807) is 22.0 Å². The maximum atomic E-state index is 14.3. The van der Waals surface area contributed by atoms with Crippen molar-refractivity contribution in [3.8, 4) is 0 Å². The van der Waals surface area contributed by atoms with Gasteiger partial charge in [-0.2, -0.15) is 0 Å². The number of carbonyl (C=O) groups is 3. The Hall–Kier alpha value is -2.97. The smallest absolute Gasteiger partial charge is 0.313 e. The first-order valence-corrected chi connectivity index (χ1v) is 12.4. The van der Waals surface area contributed by atoms with E-state index in [1.807, 2.05) is 44.2 Å². The Balaban J connectivity index is 1.58. The Morgan fingerprint density at radius 3 is 2.71 bits per heavy atom. The molecule has 0 aromatic heterocycles. The van der Waals surface area contributed by atoms with Crippen molar-refractivity contribution in [3.63, 3.8) is 0 Å². The van der Waals surface area contributed by atoms with Crippen molar-refractivity contribution in [1.82, 2.24) is 4.90 Å². The Bertz CT molecular complexity index is 1100. The lowest BCUT2D eigenvalue weighted by Crippen LogP contribution is -2.55. The topological polar surface area (TPSA) is 96.4 Å². The summed E-state index contributed by atoms with van der Waals surface area (Å²) in [6.45, 7) is 4.88. The van der Waals surface area contributed by atoms with Crippen LogP contribution >= 0.6 is 0 Å². The van der Waals surface area contributed by atoms with E-state index in [2.05, 4.69) is 0 Å². The largest absolute Gasteiger partial charge is 0.461 e. The van der Waals surface area contributed by atoms with E-state index in [1.165, 1.54) is 0 Å². The van der Waals surface area contributed by atoms with Crippen molar-refractivity contribution < 1.29 is 29.0 Å². The van der Waals surface area contributed by atoms with Crippen molar-refractivity contribution in [2.24, 2.45) is 11.8 Å². The summed E-state index contributed by atoms with van der Waals surface area (Å²) in [5, 5.41) is 9.17. The molecule has 2 amide bonds. The van der Waals surface area contributed by atoms with Crippen LogP contribution in [0.5, 0.6) is 0 Å². The second-order valence-corrected chi connectivity index (χ2v) is 9.86. The summed E-state index contributed by atoms with van der Waals surface area (Å²) in [5.41, 5.74) is 1.56. The molecule has 186 valence electrons. The Morgan fingerprint density at radius 1 is 1.09 bits per heavy atom. The van der Waals surface area contributed by atoms with E-state index < -0.39 is 35.6 Å². The molecule has 4 heterocycles. The monoisotopic (exact) mass is 480 g/mol. The average molecular weight is 481 g/mol. The number of carbonyl (C=O) groups excluding carboxylic acids is 3. The molecule has 0 aliphatic carbocycles. The van der Waals surface area contributed by atoms with Gasteiger partial charge < -0.3 is 24.4 Å². The summed E-state index contributed by atoms with van der Waals surface area (Å²) in [7, 11) is 0. The van der Waals surface area contributed by atoms with Gasteiger partial charge in [-0.1, -0.05) is 30.4 Å². The number of hydrogen-bond acceptors (Lipinski definition) is 6. The highest BCUT2D eigenvalue weighted by Crippen LogP contribution is 2.53. The molecule has 8 heteroatoms. The van der Waals surface area contributed by atoms with Gasteiger partial charge in [0, 0.05) is 25.4 Å². The third-order valence-electron chi connectivity index (χ3n) is 7.63. The predicted octanol–water partition coefficient (Wildman–Crippen LogP) is 2.06. The molecule has 1 aromatic rings.